The molecule has 522 valence electrons. The summed E-state index contributed by atoms with van der Waals surface area (Å²) in [4.78, 5) is 0. The van der Waals surface area contributed by atoms with Gasteiger partial charge in [0.25, 0.3) is 0 Å². The maximum Gasteiger partial charge on any atom is 0.237 e. The molecule has 2 aromatic heterocycles. The average Bonchev–Trinajstić information content (AvgIpc) is 1.52. The number of fused-ring (bicyclic) bond motifs is 6. The number of halogens is 2. The van der Waals surface area contributed by atoms with E-state index < -0.39 is 30.5 Å². The fraction of sp³-hybridized carbons (Fsp3) is 0.449. The number of phenolic OH excluding ortho intramolecular Hbond substituents is 2. The standard InChI is InChI=1S/C89H114F2N2O4Si/c1-28-98(29-2,52-96-80-54(3)38-62(90)48-70(80)68-40-60(88(23,24)50-82(5,6)7)46-76(78(68)94)92-72-42-56(84(11,12)13)30-34-64(72)65-35-31-57(43-73(65)92)85(14,15)16)53-97(27)81-55(4)39-63(91)49-71(81)69-41-61(89(25,26)51-83(8,9)10)47-77(79(69)95)93-74-44-58(86(17,18)19)32-36-66(74)67-37-33-59(45-75(67)93)87(20,21)22/h30-49,94-95H,27-29,50-53H2,1-26H3. The Morgan fingerprint density at radius 2 is 0.745 bits per heavy atom. The lowest BCUT2D eigenvalue weighted by molar-refractivity contribution is 0.0637. The Morgan fingerprint density at radius 1 is 0.418 bits per heavy atom. The van der Waals surface area contributed by atoms with Crippen LogP contribution in [0.5, 0.6) is 23.0 Å². The van der Waals surface area contributed by atoms with Crippen LogP contribution in [0.1, 0.15) is 224 Å². The van der Waals surface area contributed by atoms with Crippen molar-refractivity contribution in [2.75, 3.05) is 12.5 Å². The molecule has 0 radical (unpaired) electrons. The minimum atomic E-state index is -2.69. The topological polar surface area (TPSA) is 62.2 Å². The number of aromatic nitrogens is 2. The number of nitrogens with zero attached hydrogens (tertiary/aromatic N) is 2. The van der Waals surface area contributed by atoms with Gasteiger partial charge in [0.05, 0.1) is 45.2 Å². The first-order chi connectivity index (χ1) is 45.1. The van der Waals surface area contributed by atoms with E-state index in [9.17, 15) is 10.2 Å². The van der Waals surface area contributed by atoms with Crippen LogP contribution in [0.2, 0.25) is 12.1 Å². The van der Waals surface area contributed by atoms with Crippen molar-refractivity contribution in [3.63, 3.8) is 0 Å². The van der Waals surface area contributed by atoms with Crippen LogP contribution in [0, 0.1) is 43.4 Å². The molecule has 2 N–H and O–H groups in total. The molecule has 0 amide bonds. The zero-order valence-electron chi connectivity index (χ0n) is 64.4. The molecular weight excluding hydrogens is 1230 g/mol. The Morgan fingerprint density at radius 3 is 1.07 bits per heavy atom. The van der Waals surface area contributed by atoms with Crippen molar-refractivity contribution in [3.05, 3.63) is 185 Å². The highest BCUT2D eigenvalue weighted by Crippen LogP contribution is 2.53. The molecule has 0 atom stereocenters. The number of aromatic hydroxyl groups is 2. The first-order valence-electron chi connectivity index (χ1n) is 35.8. The third-order valence-electron chi connectivity index (χ3n) is 21.0. The average molecular weight is 1340 g/mol. The maximum absolute atomic E-state index is 16.7. The van der Waals surface area contributed by atoms with Crippen LogP contribution < -0.4 is 4.74 Å². The molecule has 98 heavy (non-hydrogen) atoms. The van der Waals surface area contributed by atoms with Gasteiger partial charge >= 0.3 is 0 Å². The second kappa shape index (κ2) is 25.4. The first kappa shape index (κ1) is 73.4. The molecule has 0 bridgehead atoms. The van der Waals surface area contributed by atoms with Crippen LogP contribution in [-0.2, 0) is 36.9 Å². The lowest BCUT2D eigenvalue weighted by Gasteiger charge is -2.39. The van der Waals surface area contributed by atoms with Gasteiger partial charge in [0, 0.05) is 43.8 Å². The molecule has 0 aliphatic carbocycles. The SMILES string of the molecule is [CH2-][O+](C[Si](CC)(CC)COc1c(C)cc(F)cc1-c1cc(C(C)(C)CC(C)(C)C)cc(-n2c3cc(C(C)(C)C)ccc3c3ccc(C(C)(C)C)cc32)c1O)c1c(C)cc(F)cc1-c1cc(C(C)(C)CC(C)(C)C)cc(-n2c3cc(C(C)(C)C)ccc3c3ccc(C(C)(C)C)cc32)c1O. The molecule has 10 rings (SSSR count). The summed E-state index contributed by atoms with van der Waals surface area (Å²) in [5.41, 5.74) is 13.6. The van der Waals surface area contributed by atoms with E-state index in [4.69, 9.17) is 11.8 Å². The van der Waals surface area contributed by atoms with Crippen LogP contribution >= 0.6 is 0 Å². The Kier molecular flexibility index (Phi) is 19.0. The monoisotopic (exact) mass is 1340 g/mol. The summed E-state index contributed by atoms with van der Waals surface area (Å²) in [7, 11) is 2.12. The van der Waals surface area contributed by atoms with Gasteiger partial charge in [0.15, 0.2) is 8.07 Å². The second-order valence-electron chi connectivity index (χ2n) is 37.0. The van der Waals surface area contributed by atoms with Gasteiger partial charge < -0.3 is 28.5 Å². The van der Waals surface area contributed by atoms with E-state index in [1.165, 1.54) is 34.4 Å². The van der Waals surface area contributed by atoms with Crippen LogP contribution in [0.15, 0.2) is 121 Å². The third kappa shape index (κ3) is 14.4. The van der Waals surface area contributed by atoms with Gasteiger partial charge in [-0.2, -0.15) is 0 Å². The van der Waals surface area contributed by atoms with Crippen LogP contribution in [0.3, 0.4) is 0 Å². The van der Waals surface area contributed by atoms with E-state index >= 15 is 8.78 Å². The first-order valence-corrected chi connectivity index (χ1v) is 38.6. The fourth-order valence-electron chi connectivity index (χ4n) is 15.9. The Hall–Kier alpha value is -7.36. The molecule has 0 unspecified atom stereocenters. The molecule has 0 aliphatic rings. The van der Waals surface area contributed by atoms with Gasteiger partial charge in [-0.05, 0) is 201 Å². The second-order valence-corrected chi connectivity index (χ2v) is 41.9. The molecule has 6 nitrogen and oxygen atoms in total. The summed E-state index contributed by atoms with van der Waals surface area (Å²) in [5.74, 6) is 0.367. The highest BCUT2D eigenvalue weighted by molar-refractivity contribution is 6.79. The van der Waals surface area contributed by atoms with Crippen molar-refractivity contribution in [3.8, 4) is 56.6 Å². The van der Waals surface area contributed by atoms with Crippen molar-refractivity contribution in [2.45, 2.75) is 237 Å². The maximum atomic E-state index is 16.7. The molecule has 0 saturated carbocycles. The van der Waals surface area contributed by atoms with Crippen molar-refractivity contribution < 1.29 is 28.1 Å². The number of ether oxygens (including phenoxy) is 1. The molecule has 0 spiro atoms. The zero-order valence-corrected chi connectivity index (χ0v) is 65.4. The van der Waals surface area contributed by atoms with Gasteiger partial charge in [-0.25, -0.2) is 8.78 Å². The summed E-state index contributed by atoms with van der Waals surface area (Å²) < 4.78 is 48.5. The third-order valence-corrected chi connectivity index (χ3v) is 25.7. The van der Waals surface area contributed by atoms with Gasteiger partial charge in [-0.3, -0.25) is 0 Å². The van der Waals surface area contributed by atoms with E-state index in [1.807, 2.05) is 13.8 Å². The Labute approximate surface area is 587 Å². The molecule has 2 heterocycles. The molecule has 9 heteroatoms. The van der Waals surface area contributed by atoms with Gasteiger partial charge in [-0.15, -0.1) is 0 Å². The fourth-order valence-corrected chi connectivity index (χ4v) is 18.6. The van der Waals surface area contributed by atoms with Crippen molar-refractivity contribution in [1.82, 2.24) is 9.13 Å². The van der Waals surface area contributed by atoms with E-state index in [0.717, 1.165) is 79.7 Å². The Balaban J connectivity index is 1.14. The van der Waals surface area contributed by atoms with Crippen LogP contribution in [0.25, 0.3) is 77.2 Å². The quantitative estimate of drug-likeness (QED) is 0.0576. The summed E-state index contributed by atoms with van der Waals surface area (Å²) in [6.45, 7) is 57.7. The molecule has 0 fully saturated rings. The van der Waals surface area contributed by atoms with E-state index in [-0.39, 0.29) is 44.0 Å². The predicted octanol–water partition coefficient (Wildman–Crippen LogP) is 25.8. The smallest absolute Gasteiger partial charge is 0.237 e. The van der Waals surface area contributed by atoms with Crippen LogP contribution in [0.4, 0.5) is 8.78 Å². The van der Waals surface area contributed by atoms with Gasteiger partial charge in [-0.1, -0.05) is 215 Å². The Bertz CT molecular complexity index is 4580. The molecular formula is C89H114F2N2O4Si. The van der Waals surface area contributed by atoms with Crippen molar-refractivity contribution in [1.29, 1.82) is 0 Å². The largest absolute Gasteiger partial charge is 0.714 e. The molecule has 0 saturated heterocycles. The minimum Gasteiger partial charge on any atom is -0.714 e. The summed E-state index contributed by atoms with van der Waals surface area (Å²) in [5, 5.41) is 31.3. The highest BCUT2D eigenvalue weighted by Gasteiger charge is 2.40. The number of benzene rings is 8. The number of phenols is 2. The van der Waals surface area contributed by atoms with Gasteiger partial charge in [0.2, 0.25) is 5.75 Å². The minimum absolute atomic E-state index is 0.0318. The van der Waals surface area contributed by atoms with E-state index in [0.29, 0.717) is 68.7 Å². The predicted molar refractivity (Wildman–Crippen MR) is 417 cm³/mol. The van der Waals surface area contributed by atoms with Crippen molar-refractivity contribution in [2.24, 2.45) is 10.8 Å². The normalized spacial score (nSPS) is 13.5. The van der Waals surface area contributed by atoms with E-state index in [2.05, 4.69) is 277 Å². The summed E-state index contributed by atoms with van der Waals surface area (Å²) >= 11 is 0. The van der Waals surface area contributed by atoms with Crippen LogP contribution in [-0.4, -0.2) is 39.9 Å². The lowest BCUT2D eigenvalue weighted by atomic mass is 9.71. The number of hydrogen-bond donors (Lipinski definition) is 2. The summed E-state index contributed by atoms with van der Waals surface area (Å²) in [6, 6.07) is 43.2. The summed E-state index contributed by atoms with van der Waals surface area (Å²) in [6.07, 6.45) is 2.42. The number of rotatable bonds is 16. The number of aryl methyl sites for hydroxylation is 2. The zero-order chi connectivity index (χ0) is 72.5. The van der Waals surface area contributed by atoms with Crippen molar-refractivity contribution >= 4 is 51.7 Å². The van der Waals surface area contributed by atoms with E-state index in [1.54, 1.807) is 12.1 Å². The molecule has 8 aromatic carbocycles. The molecule has 10 aromatic rings. The number of hydrogen-bond acceptors (Lipinski definition) is 3. The highest BCUT2D eigenvalue weighted by atomic mass is 28.3. The van der Waals surface area contributed by atoms with Gasteiger partial charge in [0.1, 0.15) is 35.1 Å². The lowest BCUT2D eigenvalue weighted by Crippen LogP contribution is -2.47. The molecule has 0 aliphatic heterocycles.